The zero-order chi connectivity index (χ0) is 26.0. The van der Waals surface area contributed by atoms with Gasteiger partial charge in [0.1, 0.15) is 5.82 Å². The van der Waals surface area contributed by atoms with Crippen LogP contribution < -0.4 is 10.2 Å². The molecule has 3 aromatic carbocycles. The Morgan fingerprint density at radius 1 is 1.03 bits per heavy atom. The number of anilines is 1. The first-order chi connectivity index (χ1) is 18.0. The number of carbonyl (C=O) groups is 2. The maximum absolute atomic E-state index is 13.6. The minimum Gasteiger partial charge on any atom is -0.352 e. The predicted molar refractivity (Wildman–Crippen MR) is 153 cm³/mol. The van der Waals surface area contributed by atoms with Gasteiger partial charge in [0.25, 0.3) is 11.8 Å². The molecule has 1 heterocycles. The van der Waals surface area contributed by atoms with Crippen molar-refractivity contribution in [3.63, 3.8) is 0 Å². The lowest BCUT2D eigenvalue weighted by atomic mass is 10.1. The quantitative estimate of drug-likeness (QED) is 0.209. The van der Waals surface area contributed by atoms with Crippen molar-refractivity contribution in [3.05, 3.63) is 100 Å². The molecule has 0 unspecified atom stereocenters. The smallest absolute Gasteiger partial charge is 0.265 e. The molecule has 0 saturated heterocycles. The summed E-state index contributed by atoms with van der Waals surface area (Å²) in [7, 11) is 0. The minimum absolute atomic E-state index is 0.146. The van der Waals surface area contributed by atoms with Crippen molar-refractivity contribution in [1.29, 1.82) is 0 Å². The van der Waals surface area contributed by atoms with Gasteiger partial charge in [0.15, 0.2) is 0 Å². The lowest BCUT2D eigenvalue weighted by Gasteiger charge is -2.31. The van der Waals surface area contributed by atoms with Gasteiger partial charge in [0.2, 0.25) is 0 Å². The number of nitrogens with one attached hydrogen (secondary N) is 1. The van der Waals surface area contributed by atoms with E-state index < -0.39 is 0 Å². The summed E-state index contributed by atoms with van der Waals surface area (Å²) in [6, 6.07) is 21.4. The molecular formula is C30H31FN2O2S2. The molecule has 0 aromatic heterocycles. The molecule has 0 saturated carbocycles. The fourth-order valence-electron chi connectivity index (χ4n) is 3.91. The molecule has 1 N–H and O–H groups in total. The monoisotopic (exact) mass is 534 g/mol. The first kappa shape index (κ1) is 27.0. The van der Waals surface area contributed by atoms with Gasteiger partial charge >= 0.3 is 0 Å². The number of hydrogen-bond donors (Lipinski definition) is 1. The largest absolute Gasteiger partial charge is 0.352 e. The van der Waals surface area contributed by atoms with Gasteiger partial charge in [-0.3, -0.25) is 9.59 Å². The molecule has 0 aliphatic carbocycles. The van der Waals surface area contributed by atoms with Crippen LogP contribution in [0.15, 0.2) is 82.6 Å². The molecule has 4 rings (SSSR count). The van der Waals surface area contributed by atoms with Crippen LogP contribution in [0.4, 0.5) is 10.1 Å². The molecule has 7 heteroatoms. The Labute approximate surface area is 226 Å². The Kier molecular flexibility index (Phi) is 9.85. The summed E-state index contributed by atoms with van der Waals surface area (Å²) < 4.78 is 13.5. The number of rotatable bonds is 11. The summed E-state index contributed by atoms with van der Waals surface area (Å²) >= 11 is 3.32. The summed E-state index contributed by atoms with van der Waals surface area (Å²) in [5.74, 6) is 1.57. The van der Waals surface area contributed by atoms with E-state index >= 15 is 0 Å². The van der Waals surface area contributed by atoms with Crippen molar-refractivity contribution in [2.75, 3.05) is 23.0 Å². The zero-order valence-electron chi connectivity index (χ0n) is 20.9. The highest BCUT2D eigenvalue weighted by molar-refractivity contribution is 8.04. The van der Waals surface area contributed by atoms with E-state index in [9.17, 15) is 14.0 Å². The molecule has 1 aliphatic rings. The Morgan fingerprint density at radius 3 is 2.54 bits per heavy atom. The number of fused-ring (bicyclic) bond motifs is 1. The average molecular weight is 535 g/mol. The summed E-state index contributed by atoms with van der Waals surface area (Å²) in [5, 5.41) is 3.00. The number of nitrogens with zero attached hydrogens (tertiary/aromatic N) is 1. The molecule has 0 atom stereocenters. The maximum atomic E-state index is 13.6. The highest BCUT2D eigenvalue weighted by Gasteiger charge is 2.30. The molecule has 0 fully saturated rings. The van der Waals surface area contributed by atoms with Crippen molar-refractivity contribution in [1.82, 2.24) is 5.32 Å². The number of carbonyl (C=O) groups excluding carboxylic acids is 2. The van der Waals surface area contributed by atoms with Gasteiger partial charge < -0.3 is 10.2 Å². The van der Waals surface area contributed by atoms with Crippen molar-refractivity contribution in [3.8, 4) is 0 Å². The average Bonchev–Trinajstić information content (AvgIpc) is 2.92. The van der Waals surface area contributed by atoms with Gasteiger partial charge in [-0.15, -0.1) is 0 Å². The third kappa shape index (κ3) is 7.49. The van der Waals surface area contributed by atoms with E-state index in [1.54, 1.807) is 23.1 Å². The molecular weight excluding hydrogens is 503 g/mol. The van der Waals surface area contributed by atoms with Crippen LogP contribution in [-0.2, 0) is 11.3 Å². The highest BCUT2D eigenvalue weighted by Crippen LogP contribution is 2.43. The molecule has 192 valence electrons. The molecule has 0 spiro atoms. The van der Waals surface area contributed by atoms with Crippen LogP contribution in [-0.4, -0.2) is 29.9 Å². The molecule has 3 aromatic rings. The van der Waals surface area contributed by atoms with Gasteiger partial charge in [-0.05, 0) is 71.9 Å². The lowest BCUT2D eigenvalue weighted by molar-refractivity contribution is -0.114. The van der Waals surface area contributed by atoms with E-state index in [4.69, 9.17) is 0 Å². The van der Waals surface area contributed by atoms with Gasteiger partial charge in [-0.25, -0.2) is 4.39 Å². The number of thioether (sulfide) groups is 2. The molecule has 0 bridgehead atoms. The van der Waals surface area contributed by atoms with Crippen LogP contribution in [0.25, 0.3) is 6.08 Å². The number of benzene rings is 3. The van der Waals surface area contributed by atoms with E-state index in [1.165, 1.54) is 36.7 Å². The fraction of sp³-hybridized carbons (Fsp3) is 0.267. The molecule has 2 amide bonds. The summed E-state index contributed by atoms with van der Waals surface area (Å²) in [6.45, 7) is 3.08. The Bertz CT molecular complexity index is 1250. The first-order valence-corrected chi connectivity index (χ1v) is 14.5. The first-order valence-electron chi connectivity index (χ1n) is 12.6. The standard InChI is InChI=1S/C30H31FN2O2S2/c1-2-3-17-36-18-7-16-32-29(34)24-12-15-27-26(20-24)33(21-23-10-13-25(31)14-11-23)30(35)28(37-27)19-22-8-5-4-6-9-22/h4-6,8-15,19-20H,2-3,7,16-18,21H2,1H3,(H,32,34)/b28-19-. The van der Waals surface area contributed by atoms with Gasteiger partial charge in [-0.2, -0.15) is 11.8 Å². The third-order valence-electron chi connectivity index (χ3n) is 5.93. The van der Waals surface area contributed by atoms with Crippen molar-refractivity contribution >= 4 is 47.1 Å². The van der Waals surface area contributed by atoms with Crippen molar-refractivity contribution < 1.29 is 14.0 Å². The van der Waals surface area contributed by atoms with E-state index in [2.05, 4.69) is 12.2 Å². The van der Waals surface area contributed by atoms with Gasteiger partial charge in [-0.1, -0.05) is 67.6 Å². The normalized spacial score (nSPS) is 14.1. The molecule has 0 radical (unpaired) electrons. The summed E-state index contributed by atoms with van der Waals surface area (Å²) in [4.78, 5) is 29.7. The molecule has 37 heavy (non-hydrogen) atoms. The van der Waals surface area contributed by atoms with Crippen LogP contribution in [0.5, 0.6) is 0 Å². The third-order valence-corrected chi connectivity index (χ3v) is 8.16. The number of halogens is 1. The van der Waals surface area contributed by atoms with Crippen LogP contribution in [0.2, 0.25) is 0 Å². The minimum atomic E-state index is -0.322. The number of unbranched alkanes of at least 4 members (excludes halogenated alkanes) is 1. The topological polar surface area (TPSA) is 49.4 Å². The molecule has 4 nitrogen and oxygen atoms in total. The predicted octanol–water partition coefficient (Wildman–Crippen LogP) is 7.16. The van der Waals surface area contributed by atoms with Crippen LogP contribution >= 0.6 is 23.5 Å². The lowest BCUT2D eigenvalue weighted by Crippen LogP contribution is -2.34. The van der Waals surface area contributed by atoms with Gasteiger partial charge in [0.05, 0.1) is 17.1 Å². The zero-order valence-corrected chi connectivity index (χ0v) is 22.5. The second-order valence-corrected chi connectivity index (χ2v) is 11.1. The highest BCUT2D eigenvalue weighted by atomic mass is 32.2. The summed E-state index contributed by atoms with van der Waals surface area (Å²) in [6.07, 6.45) is 5.22. The van der Waals surface area contributed by atoms with Crippen LogP contribution in [0.1, 0.15) is 47.7 Å². The number of amides is 2. The van der Waals surface area contributed by atoms with Gasteiger partial charge in [0, 0.05) is 17.0 Å². The second-order valence-electron chi connectivity index (χ2n) is 8.80. The molecule has 1 aliphatic heterocycles. The van der Waals surface area contributed by atoms with Crippen molar-refractivity contribution in [2.24, 2.45) is 0 Å². The SMILES string of the molecule is CCCCSCCCNC(=O)c1ccc2c(c1)N(Cc1ccc(F)cc1)C(=O)/C(=C/c1ccccc1)S2. The maximum Gasteiger partial charge on any atom is 0.265 e. The van der Waals surface area contributed by atoms with Crippen molar-refractivity contribution in [2.45, 2.75) is 37.6 Å². The van der Waals surface area contributed by atoms with Crippen LogP contribution in [0, 0.1) is 5.82 Å². The van der Waals surface area contributed by atoms with Crippen LogP contribution in [0.3, 0.4) is 0 Å². The van der Waals surface area contributed by atoms with E-state index in [1.807, 2.05) is 60.3 Å². The Balaban J connectivity index is 1.54. The van der Waals surface area contributed by atoms with E-state index in [-0.39, 0.29) is 24.2 Å². The van der Waals surface area contributed by atoms with E-state index in [0.717, 1.165) is 33.9 Å². The second kappa shape index (κ2) is 13.5. The Hall–Kier alpha value is -3.03. The van der Waals surface area contributed by atoms with E-state index in [0.29, 0.717) is 22.7 Å². The fourth-order valence-corrected chi connectivity index (χ4v) is 5.99. The summed E-state index contributed by atoms with van der Waals surface area (Å²) in [5.41, 5.74) is 2.95. The Morgan fingerprint density at radius 2 is 1.78 bits per heavy atom. The number of hydrogen-bond acceptors (Lipinski definition) is 4.